The van der Waals surface area contributed by atoms with Gasteiger partial charge < -0.3 is 15.5 Å². The summed E-state index contributed by atoms with van der Waals surface area (Å²) < 4.78 is 0.915. The Balaban J connectivity index is 2.08. The van der Waals surface area contributed by atoms with E-state index in [0.717, 1.165) is 10.0 Å². The summed E-state index contributed by atoms with van der Waals surface area (Å²) in [6.07, 6.45) is -1.25. The summed E-state index contributed by atoms with van der Waals surface area (Å²) in [5.41, 5.74) is 1.29. The fourth-order valence-corrected chi connectivity index (χ4v) is 2.23. The molecule has 0 bridgehead atoms. The molecule has 0 radical (unpaired) electrons. The van der Waals surface area contributed by atoms with Crippen LogP contribution in [0.1, 0.15) is 23.3 Å². The molecule has 2 atom stereocenters. The zero-order chi connectivity index (χ0) is 15.2. The van der Waals surface area contributed by atoms with Gasteiger partial charge in [-0.25, -0.2) is 0 Å². The van der Waals surface area contributed by atoms with Crippen molar-refractivity contribution in [3.63, 3.8) is 0 Å². The van der Waals surface area contributed by atoms with Crippen molar-refractivity contribution in [1.29, 1.82) is 0 Å². The molecule has 2 aromatic carbocycles. The Morgan fingerprint density at radius 2 is 1.67 bits per heavy atom. The molecular weight excluding hydrogens is 334 g/mol. The largest absolute Gasteiger partial charge is 0.394 e. The van der Waals surface area contributed by atoms with Gasteiger partial charge in [-0.15, -0.1) is 0 Å². The van der Waals surface area contributed by atoms with Gasteiger partial charge in [0.2, 0.25) is 0 Å². The Bertz CT molecular complexity index is 586. The molecule has 4 nitrogen and oxygen atoms in total. The fourth-order valence-electron chi connectivity index (χ4n) is 1.97. The summed E-state index contributed by atoms with van der Waals surface area (Å²) in [4.78, 5) is 12.1. The number of amides is 1. The van der Waals surface area contributed by atoms with E-state index in [-0.39, 0.29) is 6.61 Å². The molecule has 0 saturated carbocycles. The topological polar surface area (TPSA) is 69.6 Å². The van der Waals surface area contributed by atoms with Gasteiger partial charge in [0.25, 0.3) is 5.91 Å². The zero-order valence-electron chi connectivity index (χ0n) is 11.2. The molecule has 0 aliphatic rings. The number of aliphatic hydroxyl groups excluding tert-OH is 2. The first-order valence-electron chi connectivity index (χ1n) is 6.51. The van der Waals surface area contributed by atoms with E-state index >= 15 is 0 Å². The molecule has 0 fully saturated rings. The molecule has 3 N–H and O–H groups in total. The van der Waals surface area contributed by atoms with Gasteiger partial charge in [-0.1, -0.05) is 58.4 Å². The number of carbonyl (C=O) groups excluding carboxylic acids is 1. The predicted molar refractivity (Wildman–Crippen MR) is 83.5 cm³/mol. The lowest BCUT2D eigenvalue weighted by Gasteiger charge is -2.19. The van der Waals surface area contributed by atoms with Crippen LogP contribution in [0.3, 0.4) is 0 Å². The highest BCUT2D eigenvalue weighted by molar-refractivity contribution is 9.10. The van der Waals surface area contributed by atoms with Crippen LogP contribution in [-0.2, 0) is 4.79 Å². The number of benzene rings is 2. The smallest absolute Gasteiger partial charge is 0.254 e. The molecule has 5 heteroatoms. The highest BCUT2D eigenvalue weighted by Crippen LogP contribution is 2.19. The van der Waals surface area contributed by atoms with Crippen molar-refractivity contribution in [2.24, 2.45) is 0 Å². The van der Waals surface area contributed by atoms with Crippen molar-refractivity contribution in [2.45, 2.75) is 12.1 Å². The summed E-state index contributed by atoms with van der Waals surface area (Å²) in [7, 11) is 0. The van der Waals surface area contributed by atoms with E-state index in [9.17, 15) is 15.0 Å². The summed E-state index contributed by atoms with van der Waals surface area (Å²) in [5.74, 6) is -0.539. The summed E-state index contributed by atoms with van der Waals surface area (Å²) in [6, 6.07) is 15.4. The van der Waals surface area contributed by atoms with Gasteiger partial charge in [0.15, 0.2) is 6.10 Å². The summed E-state index contributed by atoms with van der Waals surface area (Å²) >= 11 is 3.33. The highest BCUT2D eigenvalue weighted by atomic mass is 79.9. The molecule has 2 rings (SSSR count). The molecule has 0 saturated heterocycles. The Morgan fingerprint density at radius 1 is 1.05 bits per heavy atom. The second kappa shape index (κ2) is 7.36. The minimum atomic E-state index is -1.25. The second-order valence-corrected chi connectivity index (χ2v) is 5.52. The third-order valence-electron chi connectivity index (χ3n) is 3.14. The number of carbonyl (C=O) groups is 1. The van der Waals surface area contributed by atoms with Gasteiger partial charge in [-0.05, 0) is 23.3 Å². The fraction of sp³-hybridized carbons (Fsp3) is 0.188. The Hall–Kier alpha value is -1.69. The monoisotopic (exact) mass is 349 g/mol. The van der Waals surface area contributed by atoms with Crippen LogP contribution in [0.25, 0.3) is 0 Å². The average Bonchev–Trinajstić information content (AvgIpc) is 2.53. The van der Waals surface area contributed by atoms with Crippen LogP contribution >= 0.6 is 15.9 Å². The number of hydrogen-bond acceptors (Lipinski definition) is 3. The van der Waals surface area contributed by atoms with Crippen LogP contribution < -0.4 is 5.32 Å². The Kier molecular flexibility index (Phi) is 5.50. The third-order valence-corrected chi connectivity index (χ3v) is 3.66. The Labute approximate surface area is 131 Å². The van der Waals surface area contributed by atoms with Crippen molar-refractivity contribution < 1.29 is 15.0 Å². The average molecular weight is 350 g/mol. The molecule has 0 spiro atoms. The third kappa shape index (κ3) is 4.14. The molecule has 21 heavy (non-hydrogen) atoms. The van der Waals surface area contributed by atoms with E-state index in [0.29, 0.717) is 5.56 Å². The van der Waals surface area contributed by atoms with Gasteiger partial charge in [-0.2, -0.15) is 0 Å². The molecular formula is C16H16BrNO3. The maximum atomic E-state index is 12.1. The van der Waals surface area contributed by atoms with Gasteiger partial charge in [0, 0.05) is 4.47 Å². The minimum Gasteiger partial charge on any atom is -0.394 e. The molecule has 0 unspecified atom stereocenters. The van der Waals surface area contributed by atoms with E-state index in [4.69, 9.17) is 0 Å². The SMILES string of the molecule is O=C(N[C@@H](CO)c1ccc(Br)cc1)[C@@H](O)c1ccccc1. The lowest BCUT2D eigenvalue weighted by atomic mass is 10.1. The van der Waals surface area contributed by atoms with Gasteiger partial charge in [0.1, 0.15) is 0 Å². The van der Waals surface area contributed by atoms with Crippen molar-refractivity contribution in [1.82, 2.24) is 5.32 Å². The van der Waals surface area contributed by atoms with Crippen LogP contribution in [0.2, 0.25) is 0 Å². The number of aliphatic hydroxyl groups is 2. The van der Waals surface area contributed by atoms with Crippen LogP contribution in [0.4, 0.5) is 0 Å². The van der Waals surface area contributed by atoms with Crippen LogP contribution in [-0.4, -0.2) is 22.7 Å². The van der Waals surface area contributed by atoms with Crippen LogP contribution in [0, 0.1) is 0 Å². The lowest BCUT2D eigenvalue weighted by Crippen LogP contribution is -2.34. The summed E-state index contributed by atoms with van der Waals surface area (Å²) in [6.45, 7) is -0.241. The van der Waals surface area contributed by atoms with E-state index < -0.39 is 18.1 Å². The molecule has 2 aromatic rings. The van der Waals surface area contributed by atoms with E-state index in [2.05, 4.69) is 21.2 Å². The van der Waals surface area contributed by atoms with Gasteiger partial charge >= 0.3 is 0 Å². The molecule has 1 amide bonds. The van der Waals surface area contributed by atoms with Gasteiger partial charge in [0.05, 0.1) is 12.6 Å². The van der Waals surface area contributed by atoms with Crippen LogP contribution in [0.15, 0.2) is 59.1 Å². The molecule has 0 heterocycles. The number of rotatable bonds is 5. The Morgan fingerprint density at radius 3 is 2.24 bits per heavy atom. The van der Waals surface area contributed by atoms with Crippen molar-refractivity contribution >= 4 is 21.8 Å². The molecule has 0 aliphatic carbocycles. The number of halogens is 1. The van der Waals surface area contributed by atoms with Gasteiger partial charge in [-0.3, -0.25) is 4.79 Å². The predicted octanol–water partition coefficient (Wildman–Crippen LogP) is 2.33. The van der Waals surface area contributed by atoms with Crippen molar-refractivity contribution in [3.05, 3.63) is 70.2 Å². The first kappa shape index (κ1) is 15.7. The highest BCUT2D eigenvalue weighted by Gasteiger charge is 2.21. The second-order valence-electron chi connectivity index (χ2n) is 4.61. The van der Waals surface area contributed by atoms with E-state index in [1.54, 1.807) is 36.4 Å². The van der Waals surface area contributed by atoms with E-state index in [1.165, 1.54) is 0 Å². The first-order valence-corrected chi connectivity index (χ1v) is 7.31. The maximum absolute atomic E-state index is 12.1. The van der Waals surface area contributed by atoms with Crippen LogP contribution in [0.5, 0.6) is 0 Å². The number of hydrogen-bond donors (Lipinski definition) is 3. The quantitative estimate of drug-likeness (QED) is 0.775. The first-order chi connectivity index (χ1) is 10.1. The maximum Gasteiger partial charge on any atom is 0.254 e. The zero-order valence-corrected chi connectivity index (χ0v) is 12.8. The lowest BCUT2D eigenvalue weighted by molar-refractivity contribution is -0.130. The normalized spacial score (nSPS) is 13.5. The van der Waals surface area contributed by atoms with Crippen molar-refractivity contribution in [2.75, 3.05) is 6.61 Å². The van der Waals surface area contributed by atoms with E-state index in [1.807, 2.05) is 18.2 Å². The number of nitrogens with one attached hydrogen (secondary N) is 1. The van der Waals surface area contributed by atoms with Crippen molar-refractivity contribution in [3.8, 4) is 0 Å². The molecule has 0 aliphatic heterocycles. The molecule has 110 valence electrons. The summed E-state index contributed by atoms with van der Waals surface area (Å²) in [5, 5.41) is 22.1. The minimum absolute atomic E-state index is 0.241. The molecule has 0 aromatic heterocycles. The standard InChI is InChI=1S/C16H16BrNO3/c17-13-8-6-11(7-9-13)14(10-19)18-16(21)15(20)12-4-2-1-3-5-12/h1-9,14-15,19-20H,10H2,(H,18,21)/t14-,15-/m0/s1.